The maximum atomic E-state index is 5.94. The van der Waals surface area contributed by atoms with Gasteiger partial charge in [0.1, 0.15) is 6.73 Å². The molecule has 1 aliphatic rings. The van der Waals surface area contributed by atoms with Crippen LogP contribution in [0.1, 0.15) is 55.4 Å². The molecule has 0 spiro atoms. The molecule has 1 heterocycles. The van der Waals surface area contributed by atoms with Gasteiger partial charge < -0.3 is 4.74 Å². The highest BCUT2D eigenvalue weighted by Gasteiger charge is 2.34. The summed E-state index contributed by atoms with van der Waals surface area (Å²) in [5.74, 6) is 0. The Balaban J connectivity index is 2.59. The molecule has 0 radical (unpaired) electrons. The second-order valence-corrected chi connectivity index (χ2v) is 7.67. The molecule has 0 amide bonds. The van der Waals surface area contributed by atoms with Crippen molar-refractivity contribution < 1.29 is 4.74 Å². The summed E-state index contributed by atoms with van der Waals surface area (Å²) in [4.78, 5) is 5.06. The van der Waals surface area contributed by atoms with E-state index < -0.39 is 0 Å². The lowest BCUT2D eigenvalue weighted by molar-refractivity contribution is -0.113. The van der Waals surface area contributed by atoms with Crippen LogP contribution in [0.25, 0.3) is 0 Å². The summed E-state index contributed by atoms with van der Waals surface area (Å²) in [6.07, 6.45) is 0. The Morgan fingerprint density at radius 3 is 1.72 bits per heavy atom. The lowest BCUT2D eigenvalue weighted by Crippen LogP contribution is -2.61. The zero-order valence-electron chi connectivity index (χ0n) is 13.6. The number of ether oxygens (including phenoxy) is 1. The minimum absolute atomic E-state index is 0.0550. The Morgan fingerprint density at radius 2 is 1.39 bits per heavy atom. The van der Waals surface area contributed by atoms with Crippen LogP contribution in [0.5, 0.6) is 0 Å². The van der Waals surface area contributed by atoms with Crippen molar-refractivity contribution in [3.05, 3.63) is 0 Å². The van der Waals surface area contributed by atoms with Gasteiger partial charge >= 0.3 is 0 Å². The third-order valence-corrected chi connectivity index (χ3v) is 3.70. The molecule has 0 bridgehead atoms. The molecule has 3 heteroatoms. The number of nitrogens with zero attached hydrogens (tertiary/aromatic N) is 2. The van der Waals surface area contributed by atoms with E-state index in [-0.39, 0.29) is 11.1 Å². The first kappa shape index (κ1) is 15.9. The fourth-order valence-corrected chi connectivity index (χ4v) is 2.43. The molecule has 108 valence electrons. The van der Waals surface area contributed by atoms with Gasteiger partial charge in [0.2, 0.25) is 0 Å². The highest BCUT2D eigenvalue weighted by molar-refractivity contribution is 4.89. The van der Waals surface area contributed by atoms with Gasteiger partial charge in [0.25, 0.3) is 0 Å². The molecule has 18 heavy (non-hydrogen) atoms. The second kappa shape index (κ2) is 5.48. The van der Waals surface area contributed by atoms with Crippen LogP contribution in [0.15, 0.2) is 0 Å². The van der Waals surface area contributed by atoms with Gasteiger partial charge in [-0.25, -0.2) is 0 Å². The molecule has 1 rings (SSSR count). The molecular weight excluding hydrogens is 224 g/mol. The van der Waals surface area contributed by atoms with E-state index in [9.17, 15) is 0 Å². The fraction of sp³-hybridized carbons (Fsp3) is 1.00. The zero-order valence-corrected chi connectivity index (χ0v) is 13.6. The molecule has 0 aromatic heterocycles. The molecule has 2 unspecified atom stereocenters. The summed E-state index contributed by atoms with van der Waals surface area (Å²) in [6.45, 7) is 20.9. The maximum absolute atomic E-state index is 5.94. The molecule has 0 aromatic rings. The monoisotopic (exact) mass is 256 g/mol. The van der Waals surface area contributed by atoms with E-state index in [4.69, 9.17) is 4.74 Å². The molecule has 1 fully saturated rings. The summed E-state index contributed by atoms with van der Waals surface area (Å²) in [7, 11) is 0. The van der Waals surface area contributed by atoms with Crippen molar-refractivity contribution in [2.75, 3.05) is 19.8 Å². The summed E-state index contributed by atoms with van der Waals surface area (Å²) >= 11 is 0. The maximum Gasteiger partial charge on any atom is 0.100 e. The average Bonchev–Trinajstić information content (AvgIpc) is 2.12. The van der Waals surface area contributed by atoms with E-state index in [0.29, 0.717) is 12.1 Å². The topological polar surface area (TPSA) is 15.7 Å². The van der Waals surface area contributed by atoms with Crippen molar-refractivity contribution in [1.29, 1.82) is 0 Å². The molecule has 2 atom stereocenters. The van der Waals surface area contributed by atoms with Crippen LogP contribution in [0, 0.1) is 0 Å². The highest BCUT2D eigenvalue weighted by atomic mass is 16.5. The first-order valence-electron chi connectivity index (χ1n) is 7.15. The Morgan fingerprint density at radius 1 is 0.944 bits per heavy atom. The van der Waals surface area contributed by atoms with E-state index in [1.54, 1.807) is 0 Å². The molecule has 0 N–H and O–H groups in total. The molecule has 0 saturated carbocycles. The number of rotatable bonds is 2. The van der Waals surface area contributed by atoms with Gasteiger partial charge in [0, 0.05) is 30.7 Å². The Hall–Kier alpha value is -0.120. The number of piperazine rings is 1. The Bertz CT molecular complexity index is 253. The SMILES string of the molecule is CC1CN(C(C)(C)C)CC(C)N1COC(C)(C)C. The third-order valence-electron chi connectivity index (χ3n) is 3.70. The van der Waals surface area contributed by atoms with Crippen LogP contribution in [-0.4, -0.2) is 52.8 Å². The van der Waals surface area contributed by atoms with Gasteiger partial charge in [-0.3, -0.25) is 9.80 Å². The van der Waals surface area contributed by atoms with Crippen LogP contribution >= 0.6 is 0 Å². The van der Waals surface area contributed by atoms with Crippen LogP contribution in [-0.2, 0) is 4.74 Å². The lowest BCUT2D eigenvalue weighted by Gasteiger charge is -2.49. The van der Waals surface area contributed by atoms with Crippen LogP contribution in [0.2, 0.25) is 0 Å². The summed E-state index contributed by atoms with van der Waals surface area (Å²) in [6, 6.07) is 1.10. The number of hydrogen-bond acceptors (Lipinski definition) is 3. The molecule has 1 aliphatic heterocycles. The van der Waals surface area contributed by atoms with Crippen LogP contribution in [0.4, 0.5) is 0 Å². The number of hydrogen-bond donors (Lipinski definition) is 0. The van der Waals surface area contributed by atoms with Gasteiger partial charge in [-0.15, -0.1) is 0 Å². The third kappa shape index (κ3) is 4.52. The molecule has 3 nitrogen and oxygen atoms in total. The van der Waals surface area contributed by atoms with E-state index in [1.165, 1.54) is 0 Å². The van der Waals surface area contributed by atoms with Gasteiger partial charge in [-0.1, -0.05) is 0 Å². The van der Waals surface area contributed by atoms with Crippen LogP contribution in [0.3, 0.4) is 0 Å². The predicted molar refractivity (Wildman–Crippen MR) is 77.8 cm³/mol. The molecule has 0 aromatic carbocycles. The van der Waals surface area contributed by atoms with Gasteiger partial charge in [0.15, 0.2) is 0 Å². The smallest absolute Gasteiger partial charge is 0.100 e. The van der Waals surface area contributed by atoms with E-state index >= 15 is 0 Å². The summed E-state index contributed by atoms with van der Waals surface area (Å²) in [5.41, 5.74) is 0.208. The molecule has 0 aliphatic carbocycles. The van der Waals surface area contributed by atoms with E-state index in [0.717, 1.165) is 19.8 Å². The van der Waals surface area contributed by atoms with Gasteiger partial charge in [0.05, 0.1) is 5.60 Å². The first-order chi connectivity index (χ1) is 8.00. The fourth-order valence-electron chi connectivity index (χ4n) is 2.43. The van der Waals surface area contributed by atoms with Crippen molar-refractivity contribution >= 4 is 0 Å². The van der Waals surface area contributed by atoms with Crippen molar-refractivity contribution in [3.8, 4) is 0 Å². The minimum atomic E-state index is -0.0550. The Labute approximate surface area is 113 Å². The van der Waals surface area contributed by atoms with E-state index in [2.05, 4.69) is 65.2 Å². The van der Waals surface area contributed by atoms with Crippen LogP contribution < -0.4 is 0 Å². The van der Waals surface area contributed by atoms with Gasteiger partial charge in [-0.2, -0.15) is 0 Å². The largest absolute Gasteiger partial charge is 0.360 e. The molecular formula is C15H32N2O. The minimum Gasteiger partial charge on any atom is -0.360 e. The average molecular weight is 256 g/mol. The quantitative estimate of drug-likeness (QED) is 0.755. The van der Waals surface area contributed by atoms with Crippen molar-refractivity contribution in [2.45, 2.75) is 78.6 Å². The Kier molecular flexibility index (Phi) is 4.85. The first-order valence-corrected chi connectivity index (χ1v) is 7.15. The highest BCUT2D eigenvalue weighted by Crippen LogP contribution is 2.23. The van der Waals surface area contributed by atoms with Crippen molar-refractivity contribution in [3.63, 3.8) is 0 Å². The second-order valence-electron chi connectivity index (χ2n) is 7.67. The van der Waals surface area contributed by atoms with E-state index in [1.807, 2.05) is 0 Å². The standard InChI is InChI=1S/C15H32N2O/c1-12-9-16(14(3,4)5)10-13(2)17(12)11-18-15(6,7)8/h12-13H,9-11H2,1-8H3. The van der Waals surface area contributed by atoms with Gasteiger partial charge in [-0.05, 0) is 55.4 Å². The summed E-state index contributed by atoms with van der Waals surface area (Å²) < 4.78 is 5.94. The van der Waals surface area contributed by atoms with Crippen molar-refractivity contribution in [2.24, 2.45) is 0 Å². The predicted octanol–water partition coefficient (Wildman–Crippen LogP) is 2.95. The lowest BCUT2D eigenvalue weighted by atomic mass is 10.00. The normalized spacial score (nSPS) is 28.7. The summed E-state index contributed by atoms with van der Waals surface area (Å²) in [5, 5.41) is 0. The zero-order chi connectivity index (χ0) is 14.1. The molecule has 1 saturated heterocycles. The van der Waals surface area contributed by atoms with Crippen molar-refractivity contribution in [1.82, 2.24) is 9.80 Å².